The minimum absolute atomic E-state index is 0.486. The first-order valence-corrected chi connectivity index (χ1v) is 7.19. The molecule has 2 aliphatic rings. The Morgan fingerprint density at radius 3 is 2.67 bits per heavy atom. The lowest BCUT2D eigenvalue weighted by Gasteiger charge is -2.54. The minimum atomic E-state index is -4.41. The van der Waals surface area contributed by atoms with Crippen LogP contribution in [0.3, 0.4) is 0 Å². The molecule has 3 nitrogen and oxygen atoms in total. The first-order chi connectivity index (χ1) is 9.95. The van der Waals surface area contributed by atoms with Gasteiger partial charge in [-0.1, -0.05) is 6.07 Å². The van der Waals surface area contributed by atoms with Crippen LogP contribution in [0.15, 0.2) is 24.5 Å². The van der Waals surface area contributed by atoms with Gasteiger partial charge in [0, 0.05) is 19.3 Å². The number of nitrogens with one attached hydrogen (secondary N) is 1. The molecule has 0 radical (unpaired) electrons. The van der Waals surface area contributed by atoms with Crippen LogP contribution in [0.5, 0.6) is 0 Å². The molecular weight excluding hydrogens is 279 g/mol. The molecule has 4 rings (SSSR count). The third-order valence-corrected chi connectivity index (χ3v) is 4.81. The van der Waals surface area contributed by atoms with Crippen molar-refractivity contribution in [2.24, 2.45) is 11.3 Å². The predicted molar refractivity (Wildman–Crippen MR) is 71.9 cm³/mol. The van der Waals surface area contributed by atoms with Crippen molar-refractivity contribution in [1.29, 1.82) is 0 Å². The SMILES string of the molecule is FC(F)(F)c1ncc2ccc(CC3CC4(CNC4)C3)cn12. The summed E-state index contributed by atoms with van der Waals surface area (Å²) in [6.45, 7) is 2.20. The first-order valence-electron chi connectivity index (χ1n) is 7.19. The second-order valence-electron chi connectivity index (χ2n) is 6.49. The first kappa shape index (κ1) is 13.1. The third kappa shape index (κ3) is 2.12. The van der Waals surface area contributed by atoms with E-state index in [2.05, 4.69) is 10.3 Å². The molecule has 0 atom stereocenters. The number of nitrogens with zero attached hydrogens (tertiary/aromatic N) is 2. The van der Waals surface area contributed by atoms with E-state index in [1.54, 1.807) is 12.3 Å². The summed E-state index contributed by atoms with van der Waals surface area (Å²) in [5.41, 5.74) is 1.94. The number of hydrogen-bond donors (Lipinski definition) is 1. The van der Waals surface area contributed by atoms with E-state index < -0.39 is 12.0 Å². The molecule has 1 aliphatic heterocycles. The topological polar surface area (TPSA) is 29.3 Å². The van der Waals surface area contributed by atoms with Crippen LogP contribution in [0, 0.1) is 11.3 Å². The van der Waals surface area contributed by atoms with Crippen LogP contribution in [-0.4, -0.2) is 22.5 Å². The standard InChI is InChI=1S/C15H16F3N3/c16-15(17,18)13-20-6-12-2-1-10(7-21(12)13)3-11-4-14(5-11)8-19-9-14/h1-2,6-7,11,19H,3-5,8-9H2. The summed E-state index contributed by atoms with van der Waals surface area (Å²) in [6, 6.07) is 3.64. The Hall–Kier alpha value is -1.56. The second-order valence-corrected chi connectivity index (χ2v) is 6.49. The summed E-state index contributed by atoms with van der Waals surface area (Å²) < 4.78 is 39.8. The fraction of sp³-hybridized carbons (Fsp3) is 0.533. The molecule has 1 spiro atoms. The molecule has 0 amide bonds. The Kier molecular flexibility index (Phi) is 2.64. The number of pyridine rings is 1. The molecule has 112 valence electrons. The van der Waals surface area contributed by atoms with Crippen molar-refractivity contribution in [1.82, 2.24) is 14.7 Å². The molecule has 6 heteroatoms. The van der Waals surface area contributed by atoms with Gasteiger partial charge in [0.05, 0.1) is 11.7 Å². The minimum Gasteiger partial charge on any atom is -0.316 e. The summed E-state index contributed by atoms with van der Waals surface area (Å²) in [5.74, 6) is -0.241. The Morgan fingerprint density at radius 2 is 2.05 bits per heavy atom. The predicted octanol–water partition coefficient (Wildman–Crippen LogP) is 2.90. The summed E-state index contributed by atoms with van der Waals surface area (Å²) in [4.78, 5) is 3.50. The van der Waals surface area contributed by atoms with Crippen LogP contribution in [0.1, 0.15) is 24.2 Å². The van der Waals surface area contributed by atoms with E-state index in [0.717, 1.165) is 29.5 Å². The highest BCUT2D eigenvalue weighted by atomic mass is 19.4. The van der Waals surface area contributed by atoms with Crippen LogP contribution < -0.4 is 5.32 Å². The lowest BCUT2D eigenvalue weighted by Crippen LogP contribution is -2.60. The van der Waals surface area contributed by atoms with E-state index >= 15 is 0 Å². The number of hydrogen-bond acceptors (Lipinski definition) is 2. The van der Waals surface area contributed by atoms with Gasteiger partial charge in [-0.05, 0) is 42.2 Å². The monoisotopic (exact) mass is 295 g/mol. The zero-order valence-corrected chi connectivity index (χ0v) is 11.5. The maximum atomic E-state index is 12.9. The lowest BCUT2D eigenvalue weighted by atomic mass is 9.57. The molecule has 1 N–H and O–H groups in total. The number of aromatic nitrogens is 2. The van der Waals surface area contributed by atoms with Crippen molar-refractivity contribution in [3.05, 3.63) is 35.9 Å². The summed E-state index contributed by atoms with van der Waals surface area (Å²) >= 11 is 0. The number of rotatable bonds is 2. The van der Waals surface area contributed by atoms with Gasteiger partial charge in [0.15, 0.2) is 0 Å². The Balaban J connectivity index is 1.56. The highest BCUT2D eigenvalue weighted by Gasteiger charge is 2.47. The fourth-order valence-corrected chi connectivity index (χ4v) is 3.77. The summed E-state index contributed by atoms with van der Waals surface area (Å²) in [5, 5.41) is 3.30. The van der Waals surface area contributed by atoms with E-state index in [-0.39, 0.29) is 0 Å². The molecular formula is C15H16F3N3. The fourth-order valence-electron chi connectivity index (χ4n) is 3.77. The normalized spacial score (nSPS) is 21.5. The van der Waals surface area contributed by atoms with Crippen molar-refractivity contribution in [3.63, 3.8) is 0 Å². The van der Waals surface area contributed by atoms with Gasteiger partial charge < -0.3 is 5.32 Å². The Labute approximate surface area is 120 Å². The van der Waals surface area contributed by atoms with Crippen LogP contribution >= 0.6 is 0 Å². The molecule has 1 aliphatic carbocycles. The molecule has 2 aromatic heterocycles. The van der Waals surface area contributed by atoms with Gasteiger partial charge in [-0.25, -0.2) is 4.98 Å². The van der Waals surface area contributed by atoms with Gasteiger partial charge in [-0.15, -0.1) is 0 Å². The molecule has 3 heterocycles. The molecule has 0 aromatic carbocycles. The smallest absolute Gasteiger partial charge is 0.316 e. The average Bonchev–Trinajstić information content (AvgIpc) is 2.73. The van der Waals surface area contributed by atoms with Crippen molar-refractivity contribution in [2.75, 3.05) is 13.1 Å². The Morgan fingerprint density at radius 1 is 1.29 bits per heavy atom. The highest BCUT2D eigenvalue weighted by molar-refractivity contribution is 5.47. The van der Waals surface area contributed by atoms with Gasteiger partial charge in [-0.3, -0.25) is 4.40 Å². The van der Waals surface area contributed by atoms with Gasteiger partial charge in [-0.2, -0.15) is 13.2 Å². The van der Waals surface area contributed by atoms with E-state index in [0.29, 0.717) is 16.8 Å². The van der Waals surface area contributed by atoms with Crippen LogP contribution in [0.25, 0.3) is 5.52 Å². The third-order valence-electron chi connectivity index (χ3n) is 4.81. The quantitative estimate of drug-likeness (QED) is 0.923. The van der Waals surface area contributed by atoms with Crippen molar-refractivity contribution in [2.45, 2.75) is 25.4 Å². The number of imidazole rings is 1. The maximum Gasteiger partial charge on any atom is 0.450 e. The van der Waals surface area contributed by atoms with Crippen LogP contribution in [-0.2, 0) is 12.6 Å². The van der Waals surface area contributed by atoms with Crippen molar-refractivity contribution in [3.8, 4) is 0 Å². The molecule has 1 saturated carbocycles. The maximum absolute atomic E-state index is 12.9. The molecule has 21 heavy (non-hydrogen) atoms. The van der Waals surface area contributed by atoms with Gasteiger partial charge in [0.1, 0.15) is 0 Å². The zero-order chi connectivity index (χ0) is 14.7. The molecule has 2 fully saturated rings. The van der Waals surface area contributed by atoms with Gasteiger partial charge in [0.25, 0.3) is 0 Å². The van der Waals surface area contributed by atoms with Crippen LogP contribution in [0.4, 0.5) is 13.2 Å². The molecule has 0 bridgehead atoms. The highest BCUT2D eigenvalue weighted by Crippen LogP contribution is 2.49. The number of fused-ring (bicyclic) bond motifs is 1. The van der Waals surface area contributed by atoms with Gasteiger partial charge in [0.2, 0.25) is 5.82 Å². The number of alkyl halides is 3. The van der Waals surface area contributed by atoms with Crippen molar-refractivity contribution < 1.29 is 13.2 Å². The van der Waals surface area contributed by atoms with E-state index in [9.17, 15) is 13.2 Å². The summed E-state index contributed by atoms with van der Waals surface area (Å²) in [7, 11) is 0. The largest absolute Gasteiger partial charge is 0.450 e. The Bertz CT molecular complexity index is 677. The molecule has 1 saturated heterocycles. The lowest BCUT2D eigenvalue weighted by molar-refractivity contribution is -0.145. The van der Waals surface area contributed by atoms with Crippen molar-refractivity contribution >= 4 is 5.52 Å². The molecule has 2 aromatic rings. The average molecular weight is 295 g/mol. The molecule has 0 unspecified atom stereocenters. The second kappa shape index (κ2) is 4.22. The van der Waals surface area contributed by atoms with Gasteiger partial charge >= 0.3 is 6.18 Å². The van der Waals surface area contributed by atoms with E-state index in [1.807, 2.05) is 6.07 Å². The zero-order valence-electron chi connectivity index (χ0n) is 11.5. The van der Waals surface area contributed by atoms with Crippen LogP contribution in [0.2, 0.25) is 0 Å². The summed E-state index contributed by atoms with van der Waals surface area (Å²) in [6.07, 6.45) is 1.68. The van der Waals surface area contributed by atoms with E-state index in [1.165, 1.54) is 19.0 Å². The number of halogens is 3. The van der Waals surface area contributed by atoms with E-state index in [4.69, 9.17) is 0 Å².